The molecule has 6 heteroatoms. The van der Waals surface area contributed by atoms with Crippen LogP contribution in [0.5, 0.6) is 0 Å². The summed E-state index contributed by atoms with van der Waals surface area (Å²) in [5.74, 6) is 1.06. The molecule has 4 nitrogen and oxygen atoms in total. The van der Waals surface area contributed by atoms with E-state index in [9.17, 15) is 9.18 Å². The van der Waals surface area contributed by atoms with Crippen molar-refractivity contribution in [2.75, 3.05) is 13.1 Å². The first kappa shape index (κ1) is 17.8. The topological polar surface area (TPSA) is 54.3 Å². The summed E-state index contributed by atoms with van der Waals surface area (Å²) >= 11 is 0. The molecule has 0 spiro atoms. The van der Waals surface area contributed by atoms with Gasteiger partial charge in [0, 0.05) is 17.4 Å². The molecule has 126 valence electrons. The predicted octanol–water partition coefficient (Wildman–Crippen LogP) is 3.31. The number of carbonyl (C=O) groups is 1. The number of nitrogens with one attached hydrogen (secondary N) is 2. The van der Waals surface area contributed by atoms with Gasteiger partial charge in [-0.25, -0.2) is 4.39 Å². The maximum atomic E-state index is 13.3. The van der Waals surface area contributed by atoms with Gasteiger partial charge in [0.1, 0.15) is 17.2 Å². The summed E-state index contributed by atoms with van der Waals surface area (Å²) in [7, 11) is 0. The molecular weight excluding hydrogens is 319 g/mol. The first-order valence-electron chi connectivity index (χ1n) is 7.78. The molecule has 0 radical (unpaired) electrons. The minimum atomic E-state index is -0.280. The van der Waals surface area contributed by atoms with Gasteiger partial charge in [-0.3, -0.25) is 4.79 Å². The third kappa shape index (κ3) is 4.24. The minimum absolute atomic E-state index is 0. The van der Waals surface area contributed by atoms with Crippen molar-refractivity contribution in [1.82, 2.24) is 10.6 Å². The second-order valence-corrected chi connectivity index (χ2v) is 5.96. The van der Waals surface area contributed by atoms with Crippen molar-refractivity contribution >= 4 is 29.3 Å². The lowest BCUT2D eigenvalue weighted by molar-refractivity contribution is -0.121. The quantitative estimate of drug-likeness (QED) is 0.878. The van der Waals surface area contributed by atoms with E-state index in [-0.39, 0.29) is 24.1 Å². The molecular formula is C17H22ClFN2O2. The highest BCUT2D eigenvalue weighted by Crippen LogP contribution is 2.25. The van der Waals surface area contributed by atoms with Crippen LogP contribution in [0.3, 0.4) is 0 Å². The number of hydrogen-bond acceptors (Lipinski definition) is 3. The van der Waals surface area contributed by atoms with Gasteiger partial charge >= 0.3 is 0 Å². The third-order valence-corrected chi connectivity index (χ3v) is 4.39. The molecule has 0 bridgehead atoms. The number of aryl methyl sites for hydroxylation is 1. The average molecular weight is 341 g/mol. The molecule has 1 aromatic carbocycles. The molecule has 0 saturated carbocycles. The minimum Gasteiger partial charge on any atom is -0.459 e. The van der Waals surface area contributed by atoms with Crippen LogP contribution in [0, 0.1) is 18.7 Å². The lowest BCUT2D eigenvalue weighted by Crippen LogP contribution is -2.23. The third-order valence-electron chi connectivity index (χ3n) is 4.39. The summed E-state index contributed by atoms with van der Waals surface area (Å²) in [5.41, 5.74) is 1.54. The van der Waals surface area contributed by atoms with Crippen LogP contribution in [0.4, 0.5) is 4.39 Å². The maximum absolute atomic E-state index is 13.3. The van der Waals surface area contributed by atoms with Crippen LogP contribution >= 0.6 is 12.4 Å². The SMILES string of the molecule is Cc1c(CNC(=O)CCC2CCNC2)oc2ccc(F)cc12.Cl. The largest absolute Gasteiger partial charge is 0.459 e. The van der Waals surface area contributed by atoms with Crippen LogP contribution in [0.2, 0.25) is 0 Å². The molecule has 1 aliphatic rings. The van der Waals surface area contributed by atoms with Gasteiger partial charge in [0.2, 0.25) is 5.91 Å². The van der Waals surface area contributed by atoms with Gasteiger partial charge in [0.25, 0.3) is 0 Å². The summed E-state index contributed by atoms with van der Waals surface area (Å²) in [4.78, 5) is 11.9. The molecule has 2 heterocycles. The van der Waals surface area contributed by atoms with E-state index in [1.807, 2.05) is 6.92 Å². The predicted molar refractivity (Wildman–Crippen MR) is 90.2 cm³/mol. The van der Waals surface area contributed by atoms with E-state index in [0.29, 0.717) is 30.2 Å². The molecule has 1 aliphatic heterocycles. The second kappa shape index (κ2) is 7.79. The van der Waals surface area contributed by atoms with Crippen molar-refractivity contribution < 1.29 is 13.6 Å². The number of furan rings is 1. The highest BCUT2D eigenvalue weighted by Gasteiger charge is 2.16. The number of rotatable bonds is 5. The van der Waals surface area contributed by atoms with Crippen LogP contribution in [0.15, 0.2) is 22.6 Å². The molecule has 3 rings (SSSR count). The molecule has 1 amide bonds. The molecule has 1 aromatic heterocycles. The zero-order valence-electron chi connectivity index (χ0n) is 13.2. The molecule has 1 atom stereocenters. The Morgan fingerprint density at radius 1 is 1.48 bits per heavy atom. The maximum Gasteiger partial charge on any atom is 0.220 e. The van der Waals surface area contributed by atoms with Crippen LogP contribution in [-0.2, 0) is 11.3 Å². The number of halogens is 2. The standard InChI is InChI=1S/C17H21FN2O2.ClH/c1-11-14-8-13(18)3-4-15(14)22-16(11)10-20-17(21)5-2-12-6-7-19-9-12;/h3-4,8,12,19H,2,5-7,9-10H2,1H3,(H,20,21);1H. The van der Waals surface area contributed by atoms with Gasteiger partial charge in [-0.2, -0.15) is 0 Å². The lowest BCUT2D eigenvalue weighted by Gasteiger charge is -2.08. The van der Waals surface area contributed by atoms with E-state index in [0.717, 1.165) is 36.9 Å². The highest BCUT2D eigenvalue weighted by molar-refractivity contribution is 5.85. The summed E-state index contributed by atoms with van der Waals surface area (Å²) in [6.45, 7) is 4.31. The van der Waals surface area contributed by atoms with Crippen molar-refractivity contribution in [2.45, 2.75) is 32.7 Å². The fourth-order valence-electron chi connectivity index (χ4n) is 2.98. The Morgan fingerprint density at radius 2 is 2.30 bits per heavy atom. The summed E-state index contributed by atoms with van der Waals surface area (Å²) in [6, 6.07) is 4.46. The first-order valence-corrected chi connectivity index (χ1v) is 7.78. The Bertz CT molecular complexity index is 681. The summed E-state index contributed by atoms with van der Waals surface area (Å²) in [5, 5.41) is 6.96. The van der Waals surface area contributed by atoms with Gasteiger partial charge in [0.15, 0.2) is 0 Å². The van der Waals surface area contributed by atoms with Crippen molar-refractivity contribution in [3.63, 3.8) is 0 Å². The molecule has 1 fully saturated rings. The number of carbonyl (C=O) groups excluding carboxylic acids is 1. The Hall–Kier alpha value is -1.59. The van der Waals surface area contributed by atoms with Crippen LogP contribution in [-0.4, -0.2) is 19.0 Å². The van der Waals surface area contributed by atoms with Crippen molar-refractivity contribution in [2.24, 2.45) is 5.92 Å². The van der Waals surface area contributed by atoms with Gasteiger partial charge in [0.05, 0.1) is 6.54 Å². The van der Waals surface area contributed by atoms with Crippen LogP contribution < -0.4 is 10.6 Å². The van der Waals surface area contributed by atoms with E-state index in [2.05, 4.69) is 10.6 Å². The Balaban J connectivity index is 0.00000192. The second-order valence-electron chi connectivity index (χ2n) is 5.96. The lowest BCUT2D eigenvalue weighted by atomic mass is 10.0. The number of amides is 1. The Kier molecular flexibility index (Phi) is 6.02. The van der Waals surface area contributed by atoms with E-state index in [1.54, 1.807) is 6.07 Å². The highest BCUT2D eigenvalue weighted by atomic mass is 35.5. The van der Waals surface area contributed by atoms with E-state index in [4.69, 9.17) is 4.42 Å². The zero-order valence-corrected chi connectivity index (χ0v) is 14.0. The summed E-state index contributed by atoms with van der Waals surface area (Å²) < 4.78 is 19.0. The van der Waals surface area contributed by atoms with Crippen molar-refractivity contribution in [3.8, 4) is 0 Å². The molecule has 1 saturated heterocycles. The molecule has 1 unspecified atom stereocenters. The molecule has 2 aromatic rings. The Morgan fingerprint density at radius 3 is 3.04 bits per heavy atom. The monoisotopic (exact) mass is 340 g/mol. The number of hydrogen-bond donors (Lipinski definition) is 2. The van der Waals surface area contributed by atoms with Gasteiger partial charge in [-0.15, -0.1) is 12.4 Å². The van der Waals surface area contributed by atoms with E-state index < -0.39 is 0 Å². The van der Waals surface area contributed by atoms with Crippen molar-refractivity contribution in [3.05, 3.63) is 35.3 Å². The van der Waals surface area contributed by atoms with E-state index >= 15 is 0 Å². The van der Waals surface area contributed by atoms with Gasteiger partial charge < -0.3 is 15.1 Å². The van der Waals surface area contributed by atoms with Crippen molar-refractivity contribution in [1.29, 1.82) is 0 Å². The number of benzene rings is 1. The molecule has 0 aliphatic carbocycles. The summed E-state index contributed by atoms with van der Waals surface area (Å²) in [6.07, 6.45) is 2.62. The smallest absolute Gasteiger partial charge is 0.220 e. The molecule has 23 heavy (non-hydrogen) atoms. The van der Waals surface area contributed by atoms with E-state index in [1.165, 1.54) is 12.1 Å². The first-order chi connectivity index (χ1) is 10.6. The van der Waals surface area contributed by atoms with Gasteiger partial charge in [-0.05, 0) is 57.0 Å². The molecule has 2 N–H and O–H groups in total. The van der Waals surface area contributed by atoms with Gasteiger partial charge in [-0.1, -0.05) is 0 Å². The Labute approximate surface area is 141 Å². The fraction of sp³-hybridized carbons (Fsp3) is 0.471. The average Bonchev–Trinajstić information content (AvgIpc) is 3.12. The zero-order chi connectivity index (χ0) is 15.5. The van der Waals surface area contributed by atoms with Crippen LogP contribution in [0.25, 0.3) is 11.0 Å². The fourth-order valence-corrected chi connectivity index (χ4v) is 2.98. The number of fused-ring (bicyclic) bond motifs is 1. The normalized spacial score (nSPS) is 17.2. The van der Waals surface area contributed by atoms with Crippen LogP contribution in [0.1, 0.15) is 30.6 Å².